The Labute approximate surface area is 88.1 Å². The first-order valence-electron chi connectivity index (χ1n) is 5.06. The monoisotopic (exact) mass is 248 g/mol. The molecule has 0 saturated heterocycles. The van der Waals surface area contributed by atoms with Crippen LogP contribution in [0.1, 0.15) is 26.7 Å². The lowest BCUT2D eigenvalue weighted by Crippen LogP contribution is -2.14. The van der Waals surface area contributed by atoms with Gasteiger partial charge in [-0.1, -0.05) is 15.9 Å². The molecule has 2 aliphatic carbocycles. The summed E-state index contributed by atoms with van der Waals surface area (Å²) in [7, 11) is 0. The van der Waals surface area contributed by atoms with Gasteiger partial charge in [-0.3, -0.25) is 0 Å². The van der Waals surface area contributed by atoms with Crippen molar-refractivity contribution in [2.24, 2.45) is 11.3 Å². The van der Waals surface area contributed by atoms with Gasteiger partial charge in [-0.05, 0) is 38.0 Å². The van der Waals surface area contributed by atoms with E-state index in [-0.39, 0.29) is 6.29 Å². The summed E-state index contributed by atoms with van der Waals surface area (Å²) in [5.41, 5.74) is 0.645. The molecule has 2 fully saturated rings. The summed E-state index contributed by atoms with van der Waals surface area (Å²) in [6, 6.07) is 0. The Hall–Kier alpha value is 0.400. The first kappa shape index (κ1) is 9.94. The van der Waals surface area contributed by atoms with E-state index in [1.807, 2.05) is 13.8 Å². The van der Waals surface area contributed by atoms with Gasteiger partial charge in [0.1, 0.15) is 0 Å². The Kier molecular flexibility index (Phi) is 2.69. The number of hydrogen-bond donors (Lipinski definition) is 0. The molecule has 76 valence electrons. The van der Waals surface area contributed by atoms with Crippen LogP contribution in [0.3, 0.4) is 0 Å². The number of hydrogen-bond acceptors (Lipinski definition) is 2. The van der Waals surface area contributed by atoms with Gasteiger partial charge >= 0.3 is 0 Å². The van der Waals surface area contributed by atoms with Gasteiger partial charge in [-0.15, -0.1) is 0 Å². The fourth-order valence-electron chi connectivity index (χ4n) is 2.07. The van der Waals surface area contributed by atoms with Crippen LogP contribution in [0.4, 0.5) is 0 Å². The molecule has 0 aliphatic heterocycles. The van der Waals surface area contributed by atoms with E-state index in [1.165, 1.54) is 12.8 Å². The molecule has 1 spiro atoms. The van der Waals surface area contributed by atoms with Crippen molar-refractivity contribution in [1.82, 2.24) is 0 Å². The molecule has 0 N–H and O–H groups in total. The quantitative estimate of drug-likeness (QED) is 0.550. The predicted molar refractivity (Wildman–Crippen MR) is 54.9 cm³/mol. The molecule has 0 radical (unpaired) electrons. The maximum Gasteiger partial charge on any atom is 0.154 e. The van der Waals surface area contributed by atoms with E-state index in [0.717, 1.165) is 24.0 Å². The van der Waals surface area contributed by atoms with Crippen molar-refractivity contribution in [1.29, 1.82) is 0 Å². The lowest BCUT2D eigenvalue weighted by atomic mass is 10.3. The van der Waals surface area contributed by atoms with E-state index in [4.69, 9.17) is 9.47 Å². The van der Waals surface area contributed by atoms with Crippen LogP contribution in [0.2, 0.25) is 0 Å². The highest BCUT2D eigenvalue weighted by Gasteiger charge is 2.69. The van der Waals surface area contributed by atoms with Crippen LogP contribution in [0.15, 0.2) is 0 Å². The minimum atomic E-state index is -0.0322. The largest absolute Gasteiger partial charge is 0.353 e. The molecule has 0 aromatic rings. The van der Waals surface area contributed by atoms with Gasteiger partial charge in [0.15, 0.2) is 6.29 Å². The highest BCUT2D eigenvalue weighted by atomic mass is 79.9. The van der Waals surface area contributed by atoms with Gasteiger partial charge < -0.3 is 9.47 Å². The number of alkyl halides is 1. The Morgan fingerprint density at radius 2 is 2.15 bits per heavy atom. The van der Waals surface area contributed by atoms with Crippen molar-refractivity contribution < 1.29 is 9.47 Å². The van der Waals surface area contributed by atoms with Crippen LogP contribution in [-0.4, -0.2) is 24.3 Å². The standard InChI is InChI=1S/C10H17BrO2/c1-3-12-7(2)13-6-8-4-10(8)5-9(10)11/h7-9H,3-6H2,1-2H3/t7-,8-,9+,10-/m0/s1. The number of rotatable bonds is 5. The summed E-state index contributed by atoms with van der Waals surface area (Å²) < 4.78 is 10.9. The molecule has 3 heteroatoms. The minimum absolute atomic E-state index is 0.0322. The smallest absolute Gasteiger partial charge is 0.154 e. The van der Waals surface area contributed by atoms with E-state index < -0.39 is 0 Å². The highest BCUT2D eigenvalue weighted by molar-refractivity contribution is 9.09. The normalized spacial score (nSPS) is 43.6. The van der Waals surface area contributed by atoms with E-state index in [2.05, 4.69) is 15.9 Å². The minimum Gasteiger partial charge on any atom is -0.353 e. The molecule has 0 amide bonds. The van der Waals surface area contributed by atoms with Crippen molar-refractivity contribution in [2.45, 2.75) is 37.8 Å². The van der Waals surface area contributed by atoms with Gasteiger partial charge in [-0.25, -0.2) is 0 Å². The SMILES string of the molecule is CCO[C@H](C)OC[C@@H]1C[C@]12C[C@H]2Br. The topological polar surface area (TPSA) is 18.5 Å². The molecule has 4 atom stereocenters. The molecular formula is C10H17BrO2. The Morgan fingerprint density at radius 1 is 1.46 bits per heavy atom. The first-order chi connectivity index (χ1) is 6.19. The molecule has 0 unspecified atom stereocenters. The van der Waals surface area contributed by atoms with Crippen molar-refractivity contribution >= 4 is 15.9 Å². The second-order valence-corrected chi connectivity index (χ2v) is 5.27. The molecule has 0 aromatic heterocycles. The van der Waals surface area contributed by atoms with E-state index >= 15 is 0 Å². The first-order valence-corrected chi connectivity index (χ1v) is 5.98. The lowest BCUT2D eigenvalue weighted by molar-refractivity contribution is -0.130. The third-order valence-corrected chi connectivity index (χ3v) is 4.47. The van der Waals surface area contributed by atoms with Crippen molar-refractivity contribution in [2.75, 3.05) is 13.2 Å². The Bertz CT molecular complexity index is 197. The lowest BCUT2D eigenvalue weighted by Gasteiger charge is -2.12. The Balaban J connectivity index is 1.60. The second-order valence-electron chi connectivity index (χ2n) is 4.16. The van der Waals surface area contributed by atoms with E-state index in [9.17, 15) is 0 Å². The van der Waals surface area contributed by atoms with Crippen LogP contribution in [0.25, 0.3) is 0 Å². The summed E-state index contributed by atoms with van der Waals surface area (Å²) in [4.78, 5) is 0.774. The summed E-state index contributed by atoms with van der Waals surface area (Å²) in [5.74, 6) is 0.791. The fourth-order valence-corrected chi connectivity index (χ4v) is 3.23. The van der Waals surface area contributed by atoms with Crippen molar-refractivity contribution in [3.05, 3.63) is 0 Å². The number of halogens is 1. The molecule has 2 rings (SSSR count). The third kappa shape index (κ3) is 1.92. The van der Waals surface area contributed by atoms with E-state index in [0.29, 0.717) is 5.41 Å². The average Bonchev–Trinajstić information content (AvgIpc) is 2.92. The maximum absolute atomic E-state index is 5.59. The fraction of sp³-hybridized carbons (Fsp3) is 1.00. The molecule has 0 heterocycles. The zero-order chi connectivity index (χ0) is 9.47. The molecule has 2 nitrogen and oxygen atoms in total. The zero-order valence-corrected chi connectivity index (χ0v) is 9.84. The molecule has 2 saturated carbocycles. The summed E-state index contributed by atoms with van der Waals surface area (Å²) >= 11 is 3.66. The molecule has 13 heavy (non-hydrogen) atoms. The second kappa shape index (κ2) is 3.52. The van der Waals surface area contributed by atoms with Crippen LogP contribution in [-0.2, 0) is 9.47 Å². The van der Waals surface area contributed by atoms with Crippen LogP contribution >= 0.6 is 15.9 Å². The van der Waals surface area contributed by atoms with Gasteiger partial charge in [0.25, 0.3) is 0 Å². The summed E-state index contributed by atoms with van der Waals surface area (Å²) in [6.45, 7) is 5.58. The summed E-state index contributed by atoms with van der Waals surface area (Å²) in [6.07, 6.45) is 2.67. The van der Waals surface area contributed by atoms with Crippen molar-refractivity contribution in [3.8, 4) is 0 Å². The van der Waals surface area contributed by atoms with Crippen molar-refractivity contribution in [3.63, 3.8) is 0 Å². The zero-order valence-electron chi connectivity index (χ0n) is 8.25. The van der Waals surface area contributed by atoms with Crippen LogP contribution < -0.4 is 0 Å². The number of ether oxygens (including phenoxy) is 2. The van der Waals surface area contributed by atoms with Crippen LogP contribution in [0, 0.1) is 11.3 Å². The van der Waals surface area contributed by atoms with Gasteiger partial charge in [0, 0.05) is 11.4 Å². The Morgan fingerprint density at radius 3 is 2.62 bits per heavy atom. The molecular weight excluding hydrogens is 232 g/mol. The highest BCUT2D eigenvalue weighted by Crippen LogP contribution is 2.73. The van der Waals surface area contributed by atoms with Crippen LogP contribution in [0.5, 0.6) is 0 Å². The molecule has 2 aliphatic rings. The molecule has 0 aromatic carbocycles. The predicted octanol–water partition coefficient (Wildman–Crippen LogP) is 2.56. The van der Waals surface area contributed by atoms with Gasteiger partial charge in [-0.2, -0.15) is 0 Å². The molecule has 0 bridgehead atoms. The average molecular weight is 249 g/mol. The third-order valence-electron chi connectivity index (χ3n) is 3.24. The maximum atomic E-state index is 5.59. The van der Waals surface area contributed by atoms with Gasteiger partial charge in [0.05, 0.1) is 6.61 Å². The van der Waals surface area contributed by atoms with E-state index in [1.54, 1.807) is 0 Å². The van der Waals surface area contributed by atoms with Gasteiger partial charge in [0.2, 0.25) is 0 Å². The summed E-state index contributed by atoms with van der Waals surface area (Å²) in [5, 5.41) is 0.